The van der Waals surface area contributed by atoms with Crippen molar-refractivity contribution in [2.45, 2.75) is 39.3 Å². The van der Waals surface area contributed by atoms with E-state index in [0.717, 1.165) is 11.1 Å². The van der Waals surface area contributed by atoms with Crippen molar-refractivity contribution in [3.63, 3.8) is 0 Å². The second-order valence-corrected chi connectivity index (χ2v) is 6.28. The molecule has 2 rings (SSSR count). The summed E-state index contributed by atoms with van der Waals surface area (Å²) >= 11 is 0. The van der Waals surface area contributed by atoms with Gasteiger partial charge in [-0.1, -0.05) is 18.2 Å². The molecule has 2 aromatic rings. The van der Waals surface area contributed by atoms with E-state index in [1.165, 1.54) is 4.68 Å². The summed E-state index contributed by atoms with van der Waals surface area (Å²) in [4.78, 5) is 24.5. The van der Waals surface area contributed by atoms with Gasteiger partial charge in [0.2, 0.25) is 0 Å². The van der Waals surface area contributed by atoms with Gasteiger partial charge in [-0.2, -0.15) is 5.10 Å². The minimum atomic E-state index is -0.601. The Balaban J connectivity index is 2.41. The van der Waals surface area contributed by atoms with E-state index in [-0.39, 0.29) is 12.1 Å². The molecular formula is C17H22N2O4. The van der Waals surface area contributed by atoms with E-state index in [0.29, 0.717) is 18.4 Å². The van der Waals surface area contributed by atoms with Crippen LogP contribution in [-0.2, 0) is 27.2 Å². The predicted molar refractivity (Wildman–Crippen MR) is 87.4 cm³/mol. The van der Waals surface area contributed by atoms with Crippen LogP contribution in [0.1, 0.15) is 26.5 Å². The van der Waals surface area contributed by atoms with Crippen LogP contribution in [0.15, 0.2) is 29.1 Å². The maximum atomic E-state index is 12.5. The van der Waals surface area contributed by atoms with Crippen molar-refractivity contribution in [2.75, 3.05) is 13.7 Å². The molecule has 1 heterocycles. The summed E-state index contributed by atoms with van der Waals surface area (Å²) in [6, 6.07) is 7.24. The van der Waals surface area contributed by atoms with Gasteiger partial charge in [0.05, 0.1) is 17.7 Å². The van der Waals surface area contributed by atoms with E-state index in [4.69, 9.17) is 9.47 Å². The molecule has 0 amide bonds. The third kappa shape index (κ3) is 4.39. The minimum absolute atomic E-state index is 0.207. The fourth-order valence-corrected chi connectivity index (χ4v) is 2.29. The van der Waals surface area contributed by atoms with Gasteiger partial charge in [-0.05, 0) is 26.8 Å². The smallest absolute Gasteiger partial charge is 0.328 e. The molecular weight excluding hydrogens is 296 g/mol. The van der Waals surface area contributed by atoms with Crippen molar-refractivity contribution in [1.29, 1.82) is 0 Å². The third-order valence-corrected chi connectivity index (χ3v) is 3.19. The molecule has 0 unspecified atom stereocenters. The number of ether oxygens (including phenoxy) is 2. The monoisotopic (exact) mass is 318 g/mol. The van der Waals surface area contributed by atoms with Crippen LogP contribution in [-0.4, -0.2) is 35.1 Å². The highest BCUT2D eigenvalue weighted by Crippen LogP contribution is 2.14. The Morgan fingerprint density at radius 1 is 1.22 bits per heavy atom. The highest BCUT2D eigenvalue weighted by atomic mass is 16.6. The molecule has 0 fully saturated rings. The summed E-state index contributed by atoms with van der Waals surface area (Å²) in [5, 5.41) is 5.66. The highest BCUT2D eigenvalue weighted by Gasteiger charge is 2.18. The molecule has 1 aromatic carbocycles. The van der Waals surface area contributed by atoms with Crippen molar-refractivity contribution in [3.8, 4) is 0 Å². The standard InChI is InChI=1S/C17H22N2O4/c1-17(2,3)23-15(20)11-19-16(21)13-8-6-5-7-12(13)14(18-19)9-10-22-4/h5-8H,9-11H2,1-4H3. The number of methoxy groups -OCH3 is 1. The van der Waals surface area contributed by atoms with E-state index in [1.54, 1.807) is 40.0 Å². The Hall–Kier alpha value is -2.21. The second kappa shape index (κ2) is 6.91. The molecule has 0 radical (unpaired) electrons. The van der Waals surface area contributed by atoms with Crippen LogP contribution >= 0.6 is 0 Å². The molecule has 0 spiro atoms. The van der Waals surface area contributed by atoms with Crippen LogP contribution in [0, 0.1) is 0 Å². The first-order chi connectivity index (χ1) is 10.8. The molecule has 23 heavy (non-hydrogen) atoms. The van der Waals surface area contributed by atoms with Gasteiger partial charge >= 0.3 is 5.97 Å². The van der Waals surface area contributed by atoms with Gasteiger partial charge in [-0.15, -0.1) is 0 Å². The first-order valence-electron chi connectivity index (χ1n) is 7.51. The number of nitrogens with zero attached hydrogens (tertiary/aromatic N) is 2. The number of aromatic nitrogens is 2. The normalized spacial score (nSPS) is 11.7. The van der Waals surface area contributed by atoms with Gasteiger partial charge in [0.1, 0.15) is 12.1 Å². The van der Waals surface area contributed by atoms with E-state index in [1.807, 2.05) is 12.1 Å². The van der Waals surface area contributed by atoms with Gasteiger partial charge in [-0.25, -0.2) is 4.68 Å². The Labute approximate surface area is 135 Å². The molecule has 124 valence electrons. The van der Waals surface area contributed by atoms with Gasteiger partial charge < -0.3 is 9.47 Å². The number of fused-ring (bicyclic) bond motifs is 1. The average Bonchev–Trinajstić information content (AvgIpc) is 2.47. The first kappa shape index (κ1) is 17.1. The molecule has 0 atom stereocenters. The maximum Gasteiger partial charge on any atom is 0.328 e. The number of carbonyl (C=O) groups excluding carboxylic acids is 1. The lowest BCUT2D eigenvalue weighted by Gasteiger charge is -2.19. The van der Waals surface area contributed by atoms with Crippen LogP contribution in [0.4, 0.5) is 0 Å². The van der Waals surface area contributed by atoms with E-state index in [2.05, 4.69) is 5.10 Å². The fourth-order valence-electron chi connectivity index (χ4n) is 2.29. The van der Waals surface area contributed by atoms with Crippen molar-refractivity contribution in [2.24, 2.45) is 0 Å². The van der Waals surface area contributed by atoms with E-state index >= 15 is 0 Å². The van der Waals surface area contributed by atoms with E-state index in [9.17, 15) is 9.59 Å². The van der Waals surface area contributed by atoms with Crippen LogP contribution in [0.5, 0.6) is 0 Å². The van der Waals surface area contributed by atoms with Gasteiger partial charge in [0.25, 0.3) is 5.56 Å². The zero-order valence-corrected chi connectivity index (χ0v) is 14.0. The largest absolute Gasteiger partial charge is 0.459 e. The summed E-state index contributed by atoms with van der Waals surface area (Å²) in [7, 11) is 1.61. The average molecular weight is 318 g/mol. The van der Waals surface area contributed by atoms with Crippen LogP contribution in [0.3, 0.4) is 0 Å². The lowest BCUT2D eigenvalue weighted by Crippen LogP contribution is -2.32. The van der Waals surface area contributed by atoms with E-state index < -0.39 is 11.6 Å². The van der Waals surface area contributed by atoms with Gasteiger partial charge in [0.15, 0.2) is 0 Å². The maximum absolute atomic E-state index is 12.5. The van der Waals surface area contributed by atoms with Crippen molar-refractivity contribution >= 4 is 16.7 Å². The zero-order chi connectivity index (χ0) is 17.0. The topological polar surface area (TPSA) is 70.4 Å². The highest BCUT2D eigenvalue weighted by molar-refractivity contribution is 5.83. The number of benzene rings is 1. The third-order valence-electron chi connectivity index (χ3n) is 3.19. The second-order valence-electron chi connectivity index (χ2n) is 6.28. The Bertz CT molecular complexity index is 759. The number of rotatable bonds is 5. The lowest BCUT2D eigenvalue weighted by molar-refractivity contribution is -0.155. The fraction of sp³-hybridized carbons (Fsp3) is 0.471. The number of carbonyl (C=O) groups is 1. The van der Waals surface area contributed by atoms with Crippen molar-refractivity contribution in [1.82, 2.24) is 9.78 Å². The molecule has 0 bridgehead atoms. The summed E-state index contributed by atoms with van der Waals surface area (Å²) in [6.07, 6.45) is 0.561. The van der Waals surface area contributed by atoms with Gasteiger partial charge in [-0.3, -0.25) is 9.59 Å². The molecule has 0 saturated heterocycles. The molecule has 0 N–H and O–H groups in total. The summed E-state index contributed by atoms with van der Waals surface area (Å²) in [6.45, 7) is 5.63. The van der Waals surface area contributed by atoms with Crippen LogP contribution in [0.2, 0.25) is 0 Å². The minimum Gasteiger partial charge on any atom is -0.459 e. The number of esters is 1. The Kier molecular flexibility index (Phi) is 5.15. The van der Waals surface area contributed by atoms with Gasteiger partial charge in [0, 0.05) is 18.9 Å². The zero-order valence-electron chi connectivity index (χ0n) is 14.0. The summed E-state index contributed by atoms with van der Waals surface area (Å²) in [5.41, 5.74) is -0.172. The predicted octanol–water partition coefficient (Wildman–Crippen LogP) is 1.93. The van der Waals surface area contributed by atoms with Crippen LogP contribution < -0.4 is 5.56 Å². The summed E-state index contributed by atoms with van der Waals surface area (Å²) < 4.78 is 11.5. The van der Waals surface area contributed by atoms with Crippen LogP contribution in [0.25, 0.3) is 10.8 Å². The lowest BCUT2D eigenvalue weighted by atomic mass is 10.1. The molecule has 1 aromatic heterocycles. The molecule has 6 heteroatoms. The molecule has 0 aliphatic carbocycles. The first-order valence-corrected chi connectivity index (χ1v) is 7.51. The quantitative estimate of drug-likeness (QED) is 0.788. The molecule has 0 aliphatic rings. The van der Waals surface area contributed by atoms with Crippen molar-refractivity contribution in [3.05, 3.63) is 40.3 Å². The summed E-state index contributed by atoms with van der Waals surface area (Å²) in [5.74, 6) is -0.486. The Morgan fingerprint density at radius 3 is 2.48 bits per heavy atom. The number of hydrogen-bond donors (Lipinski definition) is 0. The molecule has 0 aliphatic heterocycles. The molecule has 6 nitrogen and oxygen atoms in total. The van der Waals surface area contributed by atoms with Crippen molar-refractivity contribution < 1.29 is 14.3 Å². The number of hydrogen-bond acceptors (Lipinski definition) is 5. The SMILES string of the molecule is COCCc1nn(CC(=O)OC(C)(C)C)c(=O)c2ccccc12. The molecule has 0 saturated carbocycles. The Morgan fingerprint density at radius 2 is 1.87 bits per heavy atom.